The van der Waals surface area contributed by atoms with Gasteiger partial charge in [0, 0.05) is 25.3 Å². The summed E-state index contributed by atoms with van der Waals surface area (Å²) >= 11 is 0. The Balaban J connectivity index is 2.30. The molecule has 0 aliphatic heterocycles. The molecule has 1 heterocycles. The van der Waals surface area contributed by atoms with Gasteiger partial charge in [-0.25, -0.2) is 9.97 Å². The third-order valence-electron chi connectivity index (χ3n) is 2.90. The van der Waals surface area contributed by atoms with Crippen molar-refractivity contribution in [2.45, 2.75) is 26.5 Å². The first-order valence-corrected chi connectivity index (χ1v) is 6.62. The summed E-state index contributed by atoms with van der Waals surface area (Å²) in [5.41, 5.74) is 7.88. The van der Waals surface area contributed by atoms with Gasteiger partial charge in [0.15, 0.2) is 0 Å². The van der Waals surface area contributed by atoms with Crippen LogP contribution in [-0.4, -0.2) is 23.1 Å². The van der Waals surface area contributed by atoms with Crippen LogP contribution in [0.5, 0.6) is 5.88 Å². The molecule has 2 rings (SSSR count). The Morgan fingerprint density at radius 2 is 2.00 bits per heavy atom. The van der Waals surface area contributed by atoms with Crippen LogP contribution in [0.25, 0.3) is 0 Å². The van der Waals surface area contributed by atoms with Crippen molar-refractivity contribution >= 4 is 11.5 Å². The van der Waals surface area contributed by atoms with E-state index in [2.05, 4.69) is 9.97 Å². The van der Waals surface area contributed by atoms with Crippen molar-refractivity contribution in [1.82, 2.24) is 9.97 Å². The number of hydrogen-bond acceptors (Lipinski definition) is 5. The van der Waals surface area contributed by atoms with Gasteiger partial charge in [-0.1, -0.05) is 18.2 Å². The number of nitrogens with two attached hydrogens (primary N) is 1. The maximum absolute atomic E-state index is 5.78. The van der Waals surface area contributed by atoms with Crippen molar-refractivity contribution < 1.29 is 4.74 Å². The molecule has 0 saturated heterocycles. The zero-order valence-corrected chi connectivity index (χ0v) is 12.1. The highest BCUT2D eigenvalue weighted by Gasteiger charge is 2.11. The van der Waals surface area contributed by atoms with E-state index in [1.807, 2.05) is 56.1 Å². The fourth-order valence-electron chi connectivity index (χ4n) is 1.95. The van der Waals surface area contributed by atoms with Gasteiger partial charge in [-0.15, -0.1) is 0 Å². The van der Waals surface area contributed by atoms with E-state index in [9.17, 15) is 0 Å². The minimum Gasteiger partial charge on any atom is -0.475 e. The predicted octanol–water partition coefficient (Wildman–Crippen LogP) is 2.49. The lowest BCUT2D eigenvalue weighted by molar-refractivity contribution is 0.232. The van der Waals surface area contributed by atoms with Crippen molar-refractivity contribution in [2.24, 2.45) is 5.73 Å². The van der Waals surface area contributed by atoms with Crippen LogP contribution in [-0.2, 0) is 6.54 Å². The van der Waals surface area contributed by atoms with E-state index < -0.39 is 0 Å². The van der Waals surface area contributed by atoms with E-state index in [0.29, 0.717) is 12.4 Å². The van der Waals surface area contributed by atoms with E-state index >= 15 is 0 Å². The molecule has 5 heteroatoms. The van der Waals surface area contributed by atoms with Crippen LogP contribution in [0, 0.1) is 0 Å². The van der Waals surface area contributed by atoms with Gasteiger partial charge >= 0.3 is 0 Å². The van der Waals surface area contributed by atoms with E-state index in [0.717, 1.165) is 17.1 Å². The predicted molar refractivity (Wildman–Crippen MR) is 80.2 cm³/mol. The van der Waals surface area contributed by atoms with Crippen LogP contribution in [0.4, 0.5) is 11.5 Å². The summed E-state index contributed by atoms with van der Waals surface area (Å²) in [5.74, 6) is 1.35. The summed E-state index contributed by atoms with van der Waals surface area (Å²) in [4.78, 5) is 10.4. The lowest BCUT2D eigenvalue weighted by Crippen LogP contribution is -2.15. The van der Waals surface area contributed by atoms with E-state index in [1.54, 1.807) is 0 Å². The summed E-state index contributed by atoms with van der Waals surface area (Å²) < 4.78 is 5.59. The van der Waals surface area contributed by atoms with Gasteiger partial charge < -0.3 is 15.4 Å². The van der Waals surface area contributed by atoms with Gasteiger partial charge in [0.05, 0.1) is 6.10 Å². The van der Waals surface area contributed by atoms with Gasteiger partial charge in [-0.2, -0.15) is 0 Å². The molecule has 0 saturated carbocycles. The Kier molecular flexibility index (Phi) is 4.53. The molecule has 0 aliphatic rings. The molecule has 106 valence electrons. The summed E-state index contributed by atoms with van der Waals surface area (Å²) in [5, 5.41) is 0. The smallest absolute Gasteiger partial charge is 0.218 e. The molecule has 2 N–H and O–H groups in total. The minimum absolute atomic E-state index is 0.0828. The maximum Gasteiger partial charge on any atom is 0.218 e. The fourth-order valence-corrected chi connectivity index (χ4v) is 1.95. The first kappa shape index (κ1) is 14.3. The Hall–Kier alpha value is -2.14. The van der Waals surface area contributed by atoms with Crippen LogP contribution in [0.15, 0.2) is 36.7 Å². The third-order valence-corrected chi connectivity index (χ3v) is 2.90. The molecule has 0 spiro atoms. The molecule has 0 amide bonds. The van der Waals surface area contributed by atoms with Crippen molar-refractivity contribution in [1.29, 1.82) is 0 Å². The summed E-state index contributed by atoms with van der Waals surface area (Å²) in [6, 6.07) is 9.82. The third kappa shape index (κ3) is 3.24. The lowest BCUT2D eigenvalue weighted by Gasteiger charge is -2.21. The number of aromatic nitrogens is 2. The van der Waals surface area contributed by atoms with Crippen LogP contribution >= 0.6 is 0 Å². The molecule has 20 heavy (non-hydrogen) atoms. The van der Waals surface area contributed by atoms with E-state index in [4.69, 9.17) is 10.5 Å². The summed E-state index contributed by atoms with van der Waals surface area (Å²) in [6.07, 6.45) is 1.59. The quantitative estimate of drug-likeness (QED) is 0.906. The molecule has 0 bridgehead atoms. The zero-order valence-electron chi connectivity index (χ0n) is 12.1. The second-order valence-corrected chi connectivity index (χ2v) is 4.77. The summed E-state index contributed by atoms with van der Waals surface area (Å²) in [6.45, 7) is 4.42. The van der Waals surface area contributed by atoms with Gasteiger partial charge in [-0.05, 0) is 25.5 Å². The number of anilines is 2. The van der Waals surface area contributed by atoms with Crippen molar-refractivity contribution in [2.75, 3.05) is 11.9 Å². The van der Waals surface area contributed by atoms with Gasteiger partial charge in [0.1, 0.15) is 12.1 Å². The number of hydrogen-bond donors (Lipinski definition) is 1. The van der Waals surface area contributed by atoms with Crippen LogP contribution in [0.2, 0.25) is 0 Å². The molecule has 1 aromatic carbocycles. The highest BCUT2D eigenvalue weighted by molar-refractivity contribution is 5.63. The molecule has 1 aromatic heterocycles. The van der Waals surface area contributed by atoms with Crippen LogP contribution < -0.4 is 15.4 Å². The lowest BCUT2D eigenvalue weighted by atomic mass is 10.1. The minimum atomic E-state index is 0.0828. The van der Waals surface area contributed by atoms with E-state index in [1.165, 1.54) is 6.33 Å². The standard InChI is InChI=1S/C15H20N4O/c1-11(2)20-15-8-14(17-10-18-15)19(3)13-7-5-4-6-12(13)9-16/h4-8,10-11H,9,16H2,1-3H3. The first-order valence-electron chi connectivity index (χ1n) is 6.62. The SMILES string of the molecule is CC(C)Oc1cc(N(C)c2ccccc2CN)ncn1. The molecule has 2 aromatic rings. The van der Waals surface area contributed by atoms with Crippen LogP contribution in [0.1, 0.15) is 19.4 Å². The van der Waals surface area contributed by atoms with Crippen molar-refractivity contribution in [3.8, 4) is 5.88 Å². The first-order chi connectivity index (χ1) is 9.61. The monoisotopic (exact) mass is 272 g/mol. The second-order valence-electron chi connectivity index (χ2n) is 4.77. The molecule has 0 fully saturated rings. The Morgan fingerprint density at radius 1 is 1.25 bits per heavy atom. The second kappa shape index (κ2) is 6.34. The Bertz CT molecular complexity index is 571. The van der Waals surface area contributed by atoms with Gasteiger partial charge in [-0.3, -0.25) is 0 Å². The zero-order chi connectivity index (χ0) is 14.5. The Labute approximate surface area is 119 Å². The molecular weight excluding hydrogens is 252 g/mol. The van der Waals surface area contributed by atoms with Gasteiger partial charge in [0.25, 0.3) is 0 Å². The highest BCUT2D eigenvalue weighted by atomic mass is 16.5. The van der Waals surface area contributed by atoms with Gasteiger partial charge in [0.2, 0.25) is 5.88 Å². The number of nitrogens with zero attached hydrogens (tertiary/aromatic N) is 3. The summed E-state index contributed by atoms with van der Waals surface area (Å²) in [7, 11) is 1.95. The van der Waals surface area contributed by atoms with Crippen LogP contribution in [0.3, 0.4) is 0 Å². The molecule has 0 radical (unpaired) electrons. The van der Waals surface area contributed by atoms with Crippen molar-refractivity contribution in [3.63, 3.8) is 0 Å². The number of ether oxygens (including phenoxy) is 1. The number of benzene rings is 1. The maximum atomic E-state index is 5.78. The highest BCUT2D eigenvalue weighted by Crippen LogP contribution is 2.26. The molecule has 5 nitrogen and oxygen atoms in total. The molecule has 0 atom stereocenters. The largest absolute Gasteiger partial charge is 0.475 e. The Morgan fingerprint density at radius 3 is 2.70 bits per heavy atom. The topological polar surface area (TPSA) is 64.3 Å². The van der Waals surface area contributed by atoms with E-state index in [-0.39, 0.29) is 6.10 Å². The average Bonchev–Trinajstić information content (AvgIpc) is 2.46. The molecule has 0 unspecified atom stereocenters. The molecule has 0 aliphatic carbocycles. The fraction of sp³-hybridized carbons (Fsp3) is 0.333. The molecular formula is C15H20N4O. The average molecular weight is 272 g/mol. The normalized spacial score (nSPS) is 10.7. The number of para-hydroxylation sites is 1. The number of rotatable bonds is 5. The van der Waals surface area contributed by atoms with Crippen molar-refractivity contribution in [3.05, 3.63) is 42.2 Å².